The number of nitrogens with one attached hydrogen (secondary N) is 1. The molecule has 7 nitrogen and oxygen atoms in total. The summed E-state index contributed by atoms with van der Waals surface area (Å²) in [4.78, 5) is 18.2. The van der Waals surface area contributed by atoms with Crippen LogP contribution in [0.25, 0.3) is 10.9 Å². The molecule has 0 spiro atoms. The van der Waals surface area contributed by atoms with Crippen molar-refractivity contribution in [3.8, 4) is 5.75 Å². The summed E-state index contributed by atoms with van der Waals surface area (Å²) in [6.07, 6.45) is 2.61. The molecule has 2 N–H and O–H groups in total. The Bertz CT molecular complexity index is 985. The number of carbonyl (C=O) groups excluding carboxylic acids is 1. The smallest absolute Gasteiger partial charge is 0.270 e. The second-order valence-electron chi connectivity index (χ2n) is 7.05. The molecule has 1 fully saturated rings. The van der Waals surface area contributed by atoms with Gasteiger partial charge in [0.05, 0.1) is 33.7 Å². The summed E-state index contributed by atoms with van der Waals surface area (Å²) < 4.78 is 7.48. The van der Waals surface area contributed by atoms with Gasteiger partial charge < -0.3 is 15.2 Å². The summed E-state index contributed by atoms with van der Waals surface area (Å²) in [6, 6.07) is 5.56. The number of ether oxygens (including phenoxy) is 1. The summed E-state index contributed by atoms with van der Waals surface area (Å²) in [5.41, 5.74) is 3.49. The van der Waals surface area contributed by atoms with E-state index < -0.39 is 5.54 Å². The van der Waals surface area contributed by atoms with Crippen LogP contribution < -0.4 is 10.1 Å². The van der Waals surface area contributed by atoms with Crippen LogP contribution in [0.15, 0.2) is 23.7 Å². The summed E-state index contributed by atoms with van der Waals surface area (Å²) in [6.45, 7) is 2.36. The molecule has 142 valence electrons. The molecule has 0 bridgehead atoms. The number of carbonyl (C=O) groups is 1. The lowest BCUT2D eigenvalue weighted by Gasteiger charge is -2.40. The summed E-state index contributed by atoms with van der Waals surface area (Å²) in [5.74, 6) is 0.460. The predicted molar refractivity (Wildman–Crippen MR) is 103 cm³/mol. The van der Waals surface area contributed by atoms with Gasteiger partial charge in [-0.2, -0.15) is 5.10 Å². The third-order valence-electron chi connectivity index (χ3n) is 5.23. The van der Waals surface area contributed by atoms with E-state index in [1.807, 2.05) is 25.1 Å². The van der Waals surface area contributed by atoms with Crippen LogP contribution in [0.2, 0.25) is 0 Å². The Morgan fingerprint density at radius 2 is 2.26 bits per heavy atom. The van der Waals surface area contributed by atoms with Gasteiger partial charge in [0.1, 0.15) is 18.1 Å². The van der Waals surface area contributed by atoms with Gasteiger partial charge in [-0.05, 0) is 44.4 Å². The second-order valence-corrected chi connectivity index (χ2v) is 7.99. The fourth-order valence-electron chi connectivity index (χ4n) is 3.38. The number of aromatic nitrogens is 3. The highest BCUT2D eigenvalue weighted by molar-refractivity contribution is 7.09. The number of aliphatic hydroxyl groups is 1. The van der Waals surface area contributed by atoms with Gasteiger partial charge in [-0.3, -0.25) is 9.48 Å². The lowest BCUT2D eigenvalue weighted by molar-refractivity contribution is 0.0635. The number of thiazole rings is 1. The fraction of sp³-hybridized carbons (Fsp3) is 0.421. The highest BCUT2D eigenvalue weighted by Gasteiger charge is 2.38. The average Bonchev–Trinajstić information content (AvgIpc) is 3.17. The van der Waals surface area contributed by atoms with Crippen LogP contribution in [0.4, 0.5) is 0 Å². The first-order chi connectivity index (χ1) is 13.0. The van der Waals surface area contributed by atoms with Gasteiger partial charge in [0, 0.05) is 12.4 Å². The number of nitrogens with zero attached hydrogens (tertiary/aromatic N) is 3. The third kappa shape index (κ3) is 3.30. The number of fused-ring (bicyclic) bond motifs is 1. The van der Waals surface area contributed by atoms with Crippen molar-refractivity contribution < 1.29 is 14.6 Å². The van der Waals surface area contributed by atoms with Gasteiger partial charge in [-0.1, -0.05) is 0 Å². The molecule has 4 rings (SSSR count). The highest BCUT2D eigenvalue weighted by Crippen LogP contribution is 2.32. The fourth-order valence-corrected chi connectivity index (χ4v) is 4.07. The molecule has 0 unspecified atom stereocenters. The number of hydrogen-bond donors (Lipinski definition) is 2. The van der Waals surface area contributed by atoms with E-state index in [1.165, 1.54) is 0 Å². The quantitative estimate of drug-likeness (QED) is 0.680. The molecule has 2 heterocycles. The van der Waals surface area contributed by atoms with Crippen molar-refractivity contribution >= 4 is 28.1 Å². The van der Waals surface area contributed by atoms with Crippen molar-refractivity contribution in [2.24, 2.45) is 7.05 Å². The number of amides is 1. The van der Waals surface area contributed by atoms with Gasteiger partial charge >= 0.3 is 0 Å². The van der Waals surface area contributed by atoms with Crippen molar-refractivity contribution in [2.45, 2.75) is 38.3 Å². The molecule has 1 aliphatic carbocycles. The molecule has 2 aromatic heterocycles. The van der Waals surface area contributed by atoms with Crippen LogP contribution in [0.5, 0.6) is 5.75 Å². The van der Waals surface area contributed by atoms with E-state index in [0.717, 1.165) is 40.7 Å². The van der Waals surface area contributed by atoms with Gasteiger partial charge in [0.15, 0.2) is 0 Å². The third-order valence-corrected chi connectivity index (χ3v) is 6.13. The first kappa shape index (κ1) is 17.9. The number of benzene rings is 1. The first-order valence-electron chi connectivity index (χ1n) is 8.93. The van der Waals surface area contributed by atoms with Crippen LogP contribution in [-0.2, 0) is 13.7 Å². The Kier molecular flexibility index (Phi) is 4.61. The zero-order valence-electron chi connectivity index (χ0n) is 15.4. The molecule has 1 amide bonds. The summed E-state index contributed by atoms with van der Waals surface area (Å²) in [7, 11) is 1.75. The van der Waals surface area contributed by atoms with Gasteiger partial charge in [-0.25, -0.2) is 4.98 Å². The van der Waals surface area contributed by atoms with Gasteiger partial charge in [0.2, 0.25) is 0 Å². The molecule has 0 saturated heterocycles. The van der Waals surface area contributed by atoms with E-state index >= 15 is 0 Å². The number of rotatable bonds is 6. The van der Waals surface area contributed by atoms with E-state index in [4.69, 9.17) is 4.74 Å². The maximum Gasteiger partial charge on any atom is 0.270 e. The normalized spacial score (nSPS) is 15.5. The molecular weight excluding hydrogens is 364 g/mol. The van der Waals surface area contributed by atoms with Crippen molar-refractivity contribution in [3.05, 3.63) is 40.0 Å². The van der Waals surface area contributed by atoms with Crippen molar-refractivity contribution in [2.75, 3.05) is 6.61 Å². The molecule has 8 heteroatoms. The average molecular weight is 386 g/mol. The van der Waals surface area contributed by atoms with E-state index in [9.17, 15) is 9.90 Å². The van der Waals surface area contributed by atoms with Crippen molar-refractivity contribution in [3.63, 3.8) is 0 Å². The largest absolute Gasteiger partial charge is 0.488 e. The standard InChI is InChI=1S/C19H22N4O3S/c1-12-16(27-11-20-12)9-26-13-4-5-15-14(8-13)17(23(2)22-15)18(25)21-19(10-24)6-3-7-19/h4-5,8,11,24H,3,6-7,9-10H2,1-2H3,(H,21,25). The van der Waals surface area contributed by atoms with Gasteiger partial charge in [0.25, 0.3) is 5.91 Å². The monoisotopic (exact) mass is 386 g/mol. The molecule has 0 atom stereocenters. The van der Waals surface area contributed by atoms with E-state index in [0.29, 0.717) is 18.1 Å². The Hall–Kier alpha value is -2.45. The SMILES string of the molecule is Cc1ncsc1COc1ccc2nn(C)c(C(=O)NC3(CO)CCC3)c2c1. The molecule has 1 aromatic carbocycles. The molecule has 0 aliphatic heterocycles. The topological polar surface area (TPSA) is 89.3 Å². The zero-order valence-corrected chi connectivity index (χ0v) is 16.2. The Labute approximate surface area is 161 Å². The summed E-state index contributed by atoms with van der Waals surface area (Å²) in [5, 5.41) is 17.8. The summed E-state index contributed by atoms with van der Waals surface area (Å²) >= 11 is 1.56. The van der Waals surface area contributed by atoms with Crippen molar-refractivity contribution in [1.82, 2.24) is 20.1 Å². The lowest BCUT2D eigenvalue weighted by atomic mass is 9.77. The molecule has 27 heavy (non-hydrogen) atoms. The second kappa shape index (κ2) is 6.94. The molecule has 1 aliphatic rings. The molecule has 3 aromatic rings. The molecule has 1 saturated carbocycles. The minimum absolute atomic E-state index is 0.0446. The first-order valence-corrected chi connectivity index (χ1v) is 9.81. The van der Waals surface area contributed by atoms with Gasteiger partial charge in [-0.15, -0.1) is 11.3 Å². The predicted octanol–water partition coefficient (Wildman–Crippen LogP) is 2.56. The number of aryl methyl sites for hydroxylation is 2. The number of aliphatic hydroxyl groups excluding tert-OH is 1. The molecule has 0 radical (unpaired) electrons. The maximum absolute atomic E-state index is 12.9. The molecular formula is C19H22N4O3S. The van der Waals surface area contributed by atoms with Crippen molar-refractivity contribution in [1.29, 1.82) is 0 Å². The van der Waals surface area contributed by atoms with E-state index in [2.05, 4.69) is 15.4 Å². The number of hydrogen-bond acceptors (Lipinski definition) is 6. The van der Waals surface area contributed by atoms with Crippen LogP contribution in [-0.4, -0.2) is 37.9 Å². The lowest BCUT2D eigenvalue weighted by Crippen LogP contribution is -2.56. The van der Waals surface area contributed by atoms with E-state index in [1.54, 1.807) is 28.6 Å². The van der Waals surface area contributed by atoms with E-state index in [-0.39, 0.29) is 12.5 Å². The Morgan fingerprint density at radius 3 is 2.89 bits per heavy atom. The minimum atomic E-state index is -0.495. The Morgan fingerprint density at radius 1 is 1.44 bits per heavy atom. The van der Waals surface area contributed by atoms with Crippen LogP contribution in [0, 0.1) is 6.92 Å². The minimum Gasteiger partial charge on any atom is -0.488 e. The van der Waals surface area contributed by atoms with Crippen LogP contribution in [0.1, 0.15) is 40.3 Å². The zero-order chi connectivity index (χ0) is 19.0. The van der Waals surface area contributed by atoms with Crippen LogP contribution >= 0.6 is 11.3 Å². The Balaban J connectivity index is 1.59. The maximum atomic E-state index is 12.9. The van der Waals surface area contributed by atoms with Crippen LogP contribution in [0.3, 0.4) is 0 Å². The highest BCUT2D eigenvalue weighted by atomic mass is 32.1.